The third kappa shape index (κ3) is 20.5. The van der Waals surface area contributed by atoms with Crippen LogP contribution in [0.15, 0.2) is 71.2 Å². The maximum absolute atomic E-state index is 13.6. The lowest BCUT2D eigenvalue weighted by molar-refractivity contribution is -0.0562. The van der Waals surface area contributed by atoms with E-state index in [2.05, 4.69) is 79.7 Å². The summed E-state index contributed by atoms with van der Waals surface area (Å²) >= 11 is 33.6. The predicted octanol–water partition coefficient (Wildman–Crippen LogP) is 1.31. The number of aromatic amines is 2. The van der Waals surface area contributed by atoms with Crippen molar-refractivity contribution in [3.63, 3.8) is 0 Å². The Balaban J connectivity index is 0.587. The van der Waals surface area contributed by atoms with Crippen molar-refractivity contribution in [1.82, 2.24) is 107 Å². The molecule has 6 fully saturated rings. The molecule has 0 bridgehead atoms. The lowest BCUT2D eigenvalue weighted by Crippen LogP contribution is -2.32. The Hall–Kier alpha value is -7.03. The quantitative estimate of drug-likeness (QED) is 0.0249. The van der Waals surface area contributed by atoms with Gasteiger partial charge in [0.25, 0.3) is 11.1 Å². The highest BCUT2D eigenvalue weighted by Gasteiger charge is 2.51. The molecule has 11 aromatic heterocycles. The van der Waals surface area contributed by atoms with Gasteiger partial charge in [-0.3, -0.25) is 47.0 Å². The van der Waals surface area contributed by atoms with Crippen molar-refractivity contribution in [1.29, 1.82) is 0 Å². The van der Waals surface area contributed by atoms with Gasteiger partial charge in [-0.1, -0.05) is 6.92 Å². The molecule has 6 aliphatic heterocycles. The number of hydrogen-bond donors (Lipinski definition) is 14. The first-order valence-corrected chi connectivity index (χ1v) is 54.1. The zero-order valence-corrected chi connectivity index (χ0v) is 77.1. The molecule has 0 saturated carbocycles. The second-order valence-electron chi connectivity index (χ2n) is 29.7. The van der Waals surface area contributed by atoms with E-state index in [1.54, 1.807) is 11.5 Å². The SMILES string of the molecule is CC[C@H]1O[C@@H](n2cnc3c(N)ncnc32)C[C@H]1OP(O)(=S)OC[C@H]1O[C@@H](n2cnc3c(=O)[nH]c(N)nc32)C[C@H]1OP(O)(=S)OC[C@H]1O[C@@H](n2cc(C)c(N)nc2=O)C[C@H]1OP(O)(=S)OC[C@H]1O[C@@H](n2cnc3c(N)ncnc32)C[C@H]1OP(O)(=S)OC[C@H]1O[C@@H](n2cnc3c(N)ncnc32)C[C@H]1OP(O)(=S)OC[C@H]1O[C@@H](n2cnc3c(=O)[nH]c(N)nc32)C[C@H]1OP(O)(=S)OC. The third-order valence-electron chi connectivity index (χ3n) is 21.4. The van der Waals surface area contributed by atoms with E-state index in [0.29, 0.717) is 23.1 Å². The number of nitrogens with one attached hydrogen (secondary N) is 2. The molecule has 55 nitrogen and oxygen atoms in total. The highest BCUT2D eigenvalue weighted by molar-refractivity contribution is 8.08. The fourth-order valence-electron chi connectivity index (χ4n) is 15.4. The number of H-pyrrole nitrogens is 2. The molecule has 6 aliphatic rings. The Morgan fingerprint density at radius 1 is 0.372 bits per heavy atom. The Morgan fingerprint density at radius 3 is 0.930 bits per heavy atom. The lowest BCUT2D eigenvalue weighted by atomic mass is 10.1. The number of aryl methyl sites for hydroxylation is 1. The second-order valence-corrected chi connectivity index (χ2v) is 46.6. The summed E-state index contributed by atoms with van der Waals surface area (Å²) in [5, 5.41) is 0. The first-order valence-electron chi connectivity index (χ1n) is 38.6. The van der Waals surface area contributed by atoms with Gasteiger partial charge >= 0.3 is 46.0 Å². The normalized spacial score (nSPS) is 29.1. The minimum atomic E-state index is -4.65. The summed E-state index contributed by atoms with van der Waals surface area (Å²) in [5.74, 6) is -0.331. The summed E-state index contributed by atoms with van der Waals surface area (Å²) in [7, 11) is 1.14. The number of nitrogen functional groups attached to an aromatic ring is 6. The molecule has 0 amide bonds. The Bertz CT molecular complexity index is 6610. The van der Waals surface area contributed by atoms with Crippen molar-refractivity contribution in [2.24, 2.45) is 0 Å². The number of imidazole rings is 5. The van der Waals surface area contributed by atoms with E-state index in [4.69, 9.17) is 188 Å². The highest BCUT2D eigenvalue weighted by Crippen LogP contribution is 2.58. The van der Waals surface area contributed by atoms with Gasteiger partial charge in [0.2, 0.25) is 11.9 Å². The molecular weight excluding hydrogens is 1950 g/mol. The number of anilines is 6. The van der Waals surface area contributed by atoms with Gasteiger partial charge in [-0.2, -0.15) is 15.0 Å². The zero-order chi connectivity index (χ0) is 91.3. The van der Waals surface area contributed by atoms with Gasteiger partial charge in [0, 0.05) is 57.4 Å². The van der Waals surface area contributed by atoms with Crippen molar-refractivity contribution < 1.29 is 112 Å². The number of rotatable bonds is 35. The van der Waals surface area contributed by atoms with E-state index in [1.165, 1.54) is 75.1 Å². The molecular formula is C62H80N28O27P6S6. The van der Waals surface area contributed by atoms with Crippen LogP contribution in [-0.4, -0.2) is 250 Å². The molecule has 67 heteroatoms. The average Bonchev–Trinajstić information content (AvgIpc) is 1.64. The number of nitrogens with zero attached hydrogens (tertiary/aromatic N) is 20. The molecule has 0 radical (unpaired) electrons. The summed E-state index contributed by atoms with van der Waals surface area (Å²) in [5.41, 5.74) is 36.0. The van der Waals surface area contributed by atoms with Gasteiger partial charge in [-0.25, -0.2) is 59.6 Å². The maximum Gasteiger partial charge on any atom is 0.351 e. The van der Waals surface area contributed by atoms with Crippen LogP contribution in [0.1, 0.15) is 94.8 Å². The molecule has 20 N–H and O–H groups in total. The van der Waals surface area contributed by atoms with Crippen LogP contribution >= 0.6 is 40.3 Å². The Morgan fingerprint density at radius 2 is 0.636 bits per heavy atom. The molecule has 0 aliphatic carbocycles. The monoisotopic (exact) mass is 2030 g/mol. The molecule has 24 atom stereocenters. The first-order chi connectivity index (χ1) is 61.2. The average molecular weight is 2030 g/mol. The molecule has 17 rings (SSSR count). The van der Waals surface area contributed by atoms with Crippen molar-refractivity contribution in [2.45, 2.75) is 169 Å². The van der Waals surface area contributed by atoms with Crippen molar-refractivity contribution >= 4 is 202 Å². The van der Waals surface area contributed by atoms with Crippen LogP contribution in [0.3, 0.4) is 0 Å². The van der Waals surface area contributed by atoms with Crippen LogP contribution in [0.25, 0.3) is 55.8 Å². The van der Waals surface area contributed by atoms with E-state index in [-0.39, 0.29) is 118 Å². The Kier molecular flexibility index (Phi) is 27.1. The van der Waals surface area contributed by atoms with Gasteiger partial charge in [-0.15, -0.1) is 0 Å². The van der Waals surface area contributed by atoms with Crippen LogP contribution in [0.2, 0.25) is 0 Å². The number of fused-ring (bicyclic) bond motifs is 5. The van der Waals surface area contributed by atoms with Gasteiger partial charge in [0.05, 0.1) is 107 Å². The molecule has 17 heterocycles. The number of nitrogens with two attached hydrogens (primary N) is 6. The molecule has 11 aromatic rings. The topological polar surface area (TPSA) is 736 Å². The van der Waals surface area contributed by atoms with E-state index in [9.17, 15) is 43.7 Å². The van der Waals surface area contributed by atoms with Crippen molar-refractivity contribution in [2.75, 3.05) is 74.5 Å². The first kappa shape index (κ1) is 93.8. The molecule has 129 heavy (non-hydrogen) atoms. The predicted molar refractivity (Wildman–Crippen MR) is 468 cm³/mol. The fraction of sp³-hybridized carbons (Fsp3) is 0.532. The summed E-state index contributed by atoms with van der Waals surface area (Å²) in [6, 6.07) is 0. The van der Waals surface area contributed by atoms with Crippen molar-refractivity contribution in [3.05, 3.63) is 93.6 Å². The van der Waals surface area contributed by atoms with E-state index < -0.39 is 201 Å². The molecule has 6 unspecified atom stereocenters. The van der Waals surface area contributed by atoms with Crippen LogP contribution < -0.4 is 51.2 Å². The number of hydrogen-bond acceptors (Lipinski definition) is 47. The summed E-state index contributed by atoms with van der Waals surface area (Å²) < 4.78 is 120. The van der Waals surface area contributed by atoms with Crippen molar-refractivity contribution in [3.8, 4) is 0 Å². The van der Waals surface area contributed by atoms with Gasteiger partial charge in [0.15, 0.2) is 56.7 Å². The number of ether oxygens (including phenoxy) is 6. The van der Waals surface area contributed by atoms with Crippen LogP contribution in [0.4, 0.5) is 35.2 Å². The lowest BCUT2D eigenvalue weighted by Gasteiger charge is -2.28. The summed E-state index contributed by atoms with van der Waals surface area (Å²) in [6.45, 7) is -26.3. The maximum atomic E-state index is 13.6. The fourth-order valence-corrected chi connectivity index (χ4v) is 23.8. The molecule has 6 saturated heterocycles. The van der Waals surface area contributed by atoms with Gasteiger partial charge in [-0.05, 0) is 84.2 Å². The largest absolute Gasteiger partial charge is 0.383 e. The zero-order valence-electron chi connectivity index (χ0n) is 66.9. The molecule has 0 aromatic carbocycles. The van der Waals surface area contributed by atoms with E-state index in [0.717, 1.165) is 11.7 Å². The van der Waals surface area contributed by atoms with Gasteiger partial charge in [0.1, 0.15) is 109 Å². The number of aromatic nitrogens is 22. The van der Waals surface area contributed by atoms with Crippen LogP contribution in [0, 0.1) is 6.92 Å². The minimum absolute atomic E-state index is 0.00183. The van der Waals surface area contributed by atoms with E-state index in [1.807, 2.05) is 6.92 Å². The Labute approximate surface area is 754 Å². The second kappa shape index (κ2) is 37.3. The van der Waals surface area contributed by atoms with Crippen LogP contribution in [-0.2, 0) is 154 Å². The third-order valence-corrected chi connectivity index (χ3v) is 31.1. The van der Waals surface area contributed by atoms with Gasteiger partial charge < -0.3 is 146 Å². The van der Waals surface area contributed by atoms with E-state index >= 15 is 0 Å². The minimum Gasteiger partial charge on any atom is -0.383 e. The standard InChI is InChI=1S/C62H80N28O27P6S6/c1-4-26-27(5-39(106-26)86-20-75-44-50(64)69-17-72-53(44)86)113-119(95,125)101-16-37-32(10-43(111-37)90-24-79-48-57(90)82-61(68)84-59(48)92)117-122(98,128)103-13-34-29(6-38(107-34)85-11-25(2)49(63)80-62(85)93)114-120(96,126)104-14-35-31(9-41(108-35)88-22-77-46-52(66)71-19-74-55(46)88)116-123(99,129)105-15-36-30(8-40(109-36)87-21-76-45-51(65)70-18-73-54(45)87)115-121(97,127)102-12-33-28(112-118(94,124)100-3)7-42(110-33)89-23-78-47-56(89)81-60(67)83-58(47)91/h11,17-24,26-43H,4-10,12-16H2,1-3H3,(H,94,124)(H,95,125)(H,96,126)(H,97,127)(H,98,128)(H,99,129)(H2,63,80,93)(H2,64,69,72)(H2,65,70,73)(H2,66,71,74)(H3,67,81,83,91)(H3,68,82,84,92)/t26-,27-,28-,29-,30-,31-,32-,33-,34-,35-,36-,37-,38-,39-,40-,41-,42-,43-,118?,119?,120?,121?,122?,123?/m1/s1. The summed E-state index contributed by atoms with van der Waals surface area (Å²) in [6.07, 6.45) is -9.09. The summed E-state index contributed by atoms with van der Waals surface area (Å²) in [4.78, 5) is 175. The highest BCUT2D eigenvalue weighted by atomic mass is 32.5. The smallest absolute Gasteiger partial charge is 0.351 e. The van der Waals surface area contributed by atoms with Crippen LogP contribution in [0.5, 0.6) is 0 Å². The molecule has 0 spiro atoms. The molecule has 696 valence electrons.